The molecule has 5 nitrogen and oxygen atoms in total. The first-order valence-electron chi connectivity index (χ1n) is 6.59. The highest BCUT2D eigenvalue weighted by molar-refractivity contribution is 6.01. The number of benzene rings is 2. The van der Waals surface area contributed by atoms with Crippen LogP contribution in [0.2, 0.25) is 0 Å². The second-order valence-corrected chi connectivity index (χ2v) is 4.81. The van der Waals surface area contributed by atoms with Crippen molar-refractivity contribution in [3.05, 3.63) is 70.8 Å². The van der Waals surface area contributed by atoms with Gasteiger partial charge in [-0.3, -0.25) is 5.41 Å². The van der Waals surface area contributed by atoms with E-state index >= 15 is 0 Å². The molecule has 0 atom stereocenters. The lowest BCUT2D eigenvalue weighted by Crippen LogP contribution is -2.10. The molecule has 0 heterocycles. The van der Waals surface area contributed by atoms with Gasteiger partial charge in [0.1, 0.15) is 11.6 Å². The van der Waals surface area contributed by atoms with Gasteiger partial charge in [0.05, 0.1) is 0 Å². The Bertz CT molecular complexity index is 762. The molecule has 0 spiro atoms. The smallest absolute Gasteiger partial charge is 0.331 e. The first kappa shape index (κ1) is 15.3. The summed E-state index contributed by atoms with van der Waals surface area (Å²) < 4.78 is 0. The van der Waals surface area contributed by atoms with E-state index in [9.17, 15) is 15.0 Å². The fourth-order valence-corrected chi connectivity index (χ4v) is 2.18. The third-order valence-corrected chi connectivity index (χ3v) is 3.35. The number of carboxylic acid groups (broad SMARTS) is 1. The van der Waals surface area contributed by atoms with Crippen molar-refractivity contribution in [1.29, 1.82) is 5.41 Å². The van der Waals surface area contributed by atoms with E-state index in [1.807, 2.05) is 0 Å². The molecule has 2 aromatic rings. The maximum absolute atomic E-state index is 11.4. The van der Waals surface area contributed by atoms with Crippen molar-refractivity contribution in [2.24, 2.45) is 5.73 Å². The van der Waals surface area contributed by atoms with Gasteiger partial charge in [-0.2, -0.15) is 0 Å². The topological polar surface area (TPSA) is 107 Å². The summed E-state index contributed by atoms with van der Waals surface area (Å²) in [5, 5.41) is 26.7. The van der Waals surface area contributed by atoms with Gasteiger partial charge in [0.25, 0.3) is 0 Å². The largest absolute Gasteiger partial charge is 0.507 e. The van der Waals surface area contributed by atoms with E-state index < -0.39 is 5.97 Å². The molecule has 2 rings (SSSR count). The first-order valence-corrected chi connectivity index (χ1v) is 6.59. The number of hydrogen-bond donors (Lipinski definition) is 4. The van der Waals surface area contributed by atoms with Gasteiger partial charge in [0.2, 0.25) is 0 Å². The minimum atomic E-state index is -1.06. The average molecular weight is 296 g/mol. The maximum atomic E-state index is 11.4. The Morgan fingerprint density at radius 2 is 1.59 bits per heavy atom. The van der Waals surface area contributed by atoms with Crippen molar-refractivity contribution in [2.75, 3.05) is 0 Å². The number of carboxylic acids is 1. The van der Waals surface area contributed by atoms with E-state index in [-0.39, 0.29) is 17.2 Å². The fraction of sp³-hybridized carbons (Fsp3) is 0.0588. The van der Waals surface area contributed by atoms with Gasteiger partial charge in [0.15, 0.2) is 0 Å². The van der Waals surface area contributed by atoms with Crippen LogP contribution in [0.5, 0.6) is 5.75 Å². The SMILES string of the molecule is C/C(C(=O)O)=C(/c1ccc(C(=N)N)cc1)c1ccccc1O. The van der Waals surface area contributed by atoms with Crippen molar-refractivity contribution in [3.8, 4) is 5.75 Å². The molecular formula is C17H16N2O3. The summed E-state index contributed by atoms with van der Waals surface area (Å²) in [6.45, 7) is 1.49. The zero-order valence-corrected chi connectivity index (χ0v) is 12.0. The van der Waals surface area contributed by atoms with Crippen LogP contribution >= 0.6 is 0 Å². The van der Waals surface area contributed by atoms with Crippen LogP contribution in [0.1, 0.15) is 23.6 Å². The molecule has 0 aromatic heterocycles. The Morgan fingerprint density at radius 3 is 2.09 bits per heavy atom. The van der Waals surface area contributed by atoms with Crippen molar-refractivity contribution in [1.82, 2.24) is 0 Å². The first-order chi connectivity index (χ1) is 10.4. The van der Waals surface area contributed by atoms with Crippen molar-refractivity contribution < 1.29 is 15.0 Å². The highest BCUT2D eigenvalue weighted by Gasteiger charge is 2.16. The van der Waals surface area contributed by atoms with E-state index in [4.69, 9.17) is 11.1 Å². The second-order valence-electron chi connectivity index (χ2n) is 4.81. The molecule has 112 valence electrons. The Morgan fingerprint density at radius 1 is 1.05 bits per heavy atom. The van der Waals surface area contributed by atoms with Crippen LogP contribution in [0.15, 0.2) is 54.1 Å². The number of nitrogen functional groups attached to an aromatic ring is 1. The van der Waals surface area contributed by atoms with Crippen LogP contribution < -0.4 is 5.73 Å². The number of nitrogens with two attached hydrogens (primary N) is 1. The van der Waals surface area contributed by atoms with E-state index in [1.54, 1.807) is 42.5 Å². The molecular weight excluding hydrogens is 280 g/mol. The van der Waals surface area contributed by atoms with Crippen LogP contribution in [0.4, 0.5) is 0 Å². The Balaban J connectivity index is 2.65. The molecule has 0 aliphatic carbocycles. The fourth-order valence-electron chi connectivity index (χ4n) is 2.18. The number of amidine groups is 1. The maximum Gasteiger partial charge on any atom is 0.331 e. The van der Waals surface area contributed by atoms with Gasteiger partial charge in [-0.25, -0.2) is 4.79 Å². The summed E-state index contributed by atoms with van der Waals surface area (Å²) in [4.78, 5) is 11.4. The number of para-hydroxylation sites is 1. The average Bonchev–Trinajstić information content (AvgIpc) is 2.49. The molecule has 0 saturated heterocycles. The number of nitrogens with one attached hydrogen (secondary N) is 1. The minimum Gasteiger partial charge on any atom is -0.507 e. The normalized spacial score (nSPS) is 11.7. The predicted octanol–water partition coefficient (Wildman–Crippen LogP) is 2.58. The van der Waals surface area contributed by atoms with Gasteiger partial charge in [-0.1, -0.05) is 42.5 Å². The highest BCUT2D eigenvalue weighted by atomic mass is 16.4. The summed E-state index contributed by atoms with van der Waals surface area (Å²) in [5.74, 6) is -1.11. The highest BCUT2D eigenvalue weighted by Crippen LogP contribution is 2.33. The molecule has 0 bridgehead atoms. The lowest BCUT2D eigenvalue weighted by atomic mass is 9.92. The number of carbonyl (C=O) groups is 1. The lowest BCUT2D eigenvalue weighted by Gasteiger charge is -2.13. The van der Waals surface area contributed by atoms with Crippen LogP contribution in [0.25, 0.3) is 5.57 Å². The molecule has 0 amide bonds. The van der Waals surface area contributed by atoms with Crippen molar-refractivity contribution in [2.45, 2.75) is 6.92 Å². The minimum absolute atomic E-state index is 0.00810. The van der Waals surface area contributed by atoms with Crippen molar-refractivity contribution in [3.63, 3.8) is 0 Å². The quantitative estimate of drug-likeness (QED) is 0.395. The molecule has 0 radical (unpaired) electrons. The summed E-state index contributed by atoms with van der Waals surface area (Å²) in [6, 6.07) is 13.2. The van der Waals surface area contributed by atoms with E-state index in [0.29, 0.717) is 22.3 Å². The number of phenolic OH excluding ortho intramolecular Hbond substituents is 1. The van der Waals surface area contributed by atoms with E-state index in [2.05, 4.69) is 0 Å². The molecule has 22 heavy (non-hydrogen) atoms. The Hall–Kier alpha value is -3.08. The Labute approximate surface area is 127 Å². The molecule has 5 heteroatoms. The number of aliphatic carboxylic acids is 1. The summed E-state index contributed by atoms with van der Waals surface area (Å²) in [7, 11) is 0. The van der Waals surface area contributed by atoms with Gasteiger partial charge in [-0.15, -0.1) is 0 Å². The zero-order valence-electron chi connectivity index (χ0n) is 12.0. The summed E-state index contributed by atoms with van der Waals surface area (Å²) >= 11 is 0. The second kappa shape index (κ2) is 6.13. The van der Waals surface area contributed by atoms with E-state index in [1.165, 1.54) is 13.0 Å². The molecule has 0 saturated carbocycles. The summed E-state index contributed by atoms with van der Waals surface area (Å²) in [5.41, 5.74) is 7.60. The Kier molecular flexibility index (Phi) is 4.27. The molecule has 0 aliphatic rings. The molecule has 2 aromatic carbocycles. The number of rotatable bonds is 4. The monoisotopic (exact) mass is 296 g/mol. The molecule has 0 fully saturated rings. The van der Waals surface area contributed by atoms with Gasteiger partial charge in [-0.05, 0) is 18.6 Å². The van der Waals surface area contributed by atoms with Gasteiger partial charge < -0.3 is 15.9 Å². The van der Waals surface area contributed by atoms with Gasteiger partial charge in [0, 0.05) is 22.3 Å². The number of aromatic hydroxyl groups is 1. The van der Waals surface area contributed by atoms with Crippen LogP contribution in [0, 0.1) is 5.41 Å². The van der Waals surface area contributed by atoms with Crippen LogP contribution in [-0.4, -0.2) is 22.0 Å². The predicted molar refractivity (Wildman–Crippen MR) is 84.9 cm³/mol. The zero-order chi connectivity index (χ0) is 16.3. The third kappa shape index (κ3) is 2.98. The van der Waals surface area contributed by atoms with E-state index in [0.717, 1.165) is 0 Å². The molecule has 5 N–H and O–H groups in total. The van der Waals surface area contributed by atoms with Gasteiger partial charge >= 0.3 is 5.97 Å². The molecule has 0 aliphatic heterocycles. The summed E-state index contributed by atoms with van der Waals surface area (Å²) in [6.07, 6.45) is 0. The van der Waals surface area contributed by atoms with Crippen LogP contribution in [0.3, 0.4) is 0 Å². The third-order valence-electron chi connectivity index (χ3n) is 3.35. The molecule has 0 unspecified atom stereocenters. The van der Waals surface area contributed by atoms with Crippen LogP contribution in [-0.2, 0) is 4.79 Å². The number of hydrogen-bond acceptors (Lipinski definition) is 3. The lowest BCUT2D eigenvalue weighted by molar-refractivity contribution is -0.132. The van der Waals surface area contributed by atoms with Crippen molar-refractivity contribution >= 4 is 17.4 Å². The number of phenols is 1. The standard InChI is InChI=1S/C17H16N2O3/c1-10(17(21)22)15(13-4-2-3-5-14(13)20)11-6-8-12(9-7-11)16(18)19/h2-9,20H,1H3,(H3,18,19)(H,21,22)/b15-10+.